The summed E-state index contributed by atoms with van der Waals surface area (Å²) >= 11 is 0. The number of halogens is 1. The lowest BCUT2D eigenvalue weighted by atomic mass is 9.99. The summed E-state index contributed by atoms with van der Waals surface area (Å²) in [5.41, 5.74) is 4.36. The summed E-state index contributed by atoms with van der Waals surface area (Å²) in [4.78, 5) is 22.4. The number of carbonyl (C=O) groups excluding carboxylic acids is 1. The van der Waals surface area contributed by atoms with Crippen LogP contribution in [0.25, 0.3) is 11.2 Å². The predicted octanol–water partition coefficient (Wildman–Crippen LogP) is -0.445. The number of hydrogen-bond donors (Lipinski definition) is 3. The summed E-state index contributed by atoms with van der Waals surface area (Å²) < 4.78 is 25.5. The minimum Gasteiger partial charge on any atom is -0.445 e. The van der Waals surface area contributed by atoms with Gasteiger partial charge in [-0.2, -0.15) is 14.4 Å². The van der Waals surface area contributed by atoms with E-state index in [2.05, 4.69) is 26.2 Å². The van der Waals surface area contributed by atoms with Crippen molar-refractivity contribution in [3.8, 4) is 12.3 Å². The van der Waals surface area contributed by atoms with Gasteiger partial charge in [0.1, 0.15) is 18.9 Å². The molecule has 3 rings (SSSR count). The van der Waals surface area contributed by atoms with E-state index in [0.717, 1.165) is 0 Å². The van der Waals surface area contributed by atoms with E-state index in [-0.39, 0.29) is 30.0 Å². The Morgan fingerprint density at radius 1 is 1.72 bits per heavy atom. The van der Waals surface area contributed by atoms with E-state index in [1.165, 1.54) is 17.9 Å². The second-order valence-corrected chi connectivity index (χ2v) is 5.39. The van der Waals surface area contributed by atoms with Gasteiger partial charge in [0.25, 0.3) is 0 Å². The van der Waals surface area contributed by atoms with Crippen molar-refractivity contribution in [1.29, 1.82) is 0 Å². The highest BCUT2D eigenvalue weighted by atomic mass is 19.1. The molecule has 0 unspecified atom stereocenters. The first-order valence-electron chi connectivity index (χ1n) is 7.24. The number of hydrogen-bond acceptors (Lipinski definition) is 8. The number of nitrogens with two attached hydrogens (primary N) is 1. The van der Waals surface area contributed by atoms with Crippen molar-refractivity contribution < 1.29 is 23.8 Å². The number of nitrogens with one attached hydrogen (secondary N) is 1. The standard InChI is InChI=1S/C14H15FN6O4/c1-3-14(5-24-13(23)17-2)7(22)4-8(25-14)21-6-18-9-10(16)19-12(15)20-11(9)21/h1,6-8,22H,4-5H2,2H3,(H,17,23)(H2,16,19,20)/t7-,8+,14+/m0/s1. The van der Waals surface area contributed by atoms with Crippen LogP contribution in [0.3, 0.4) is 0 Å². The van der Waals surface area contributed by atoms with E-state index < -0.39 is 30.1 Å². The molecule has 1 aliphatic rings. The first kappa shape index (κ1) is 16.9. The molecule has 4 N–H and O–H groups in total. The number of nitrogen functional groups attached to an aromatic ring is 1. The topological polar surface area (TPSA) is 137 Å². The van der Waals surface area contributed by atoms with Gasteiger partial charge in [-0.15, -0.1) is 6.42 Å². The molecule has 2 aromatic heterocycles. The molecule has 1 saturated heterocycles. The average molecular weight is 350 g/mol. The maximum atomic E-state index is 13.5. The van der Waals surface area contributed by atoms with Gasteiger partial charge in [-0.05, 0) is 0 Å². The number of aromatic nitrogens is 4. The third-order valence-electron chi connectivity index (χ3n) is 3.91. The first-order chi connectivity index (χ1) is 11.9. The highest BCUT2D eigenvalue weighted by molar-refractivity contribution is 5.81. The summed E-state index contributed by atoms with van der Waals surface area (Å²) in [5.74, 6) is 2.21. The SMILES string of the molecule is C#C[C@]1(COC(=O)NC)O[C@@H](n2cnc3c(N)nc(F)nc32)C[C@@H]1O. The third kappa shape index (κ3) is 2.81. The maximum Gasteiger partial charge on any atom is 0.407 e. The highest BCUT2D eigenvalue weighted by Crippen LogP contribution is 2.38. The van der Waals surface area contributed by atoms with Crippen LogP contribution in [0.5, 0.6) is 0 Å². The van der Waals surface area contributed by atoms with Crippen molar-refractivity contribution >= 4 is 23.1 Å². The minimum absolute atomic E-state index is 0.0539. The number of carbonyl (C=O) groups is 1. The van der Waals surface area contributed by atoms with Gasteiger partial charge in [0, 0.05) is 13.5 Å². The number of amides is 1. The molecule has 11 heteroatoms. The Bertz CT molecular complexity index is 865. The van der Waals surface area contributed by atoms with Gasteiger partial charge >= 0.3 is 12.2 Å². The smallest absolute Gasteiger partial charge is 0.407 e. The average Bonchev–Trinajstić information content (AvgIpc) is 3.14. The van der Waals surface area contributed by atoms with Crippen molar-refractivity contribution in [2.45, 2.75) is 24.4 Å². The monoisotopic (exact) mass is 350 g/mol. The van der Waals surface area contributed by atoms with Gasteiger partial charge in [0.15, 0.2) is 22.6 Å². The quantitative estimate of drug-likeness (QED) is 0.500. The second kappa shape index (κ2) is 6.15. The molecule has 0 radical (unpaired) electrons. The third-order valence-corrected chi connectivity index (χ3v) is 3.91. The molecule has 25 heavy (non-hydrogen) atoms. The summed E-state index contributed by atoms with van der Waals surface area (Å²) in [5, 5.41) is 12.6. The fourth-order valence-electron chi connectivity index (χ4n) is 2.59. The molecule has 132 valence electrons. The number of nitrogens with zero attached hydrogens (tertiary/aromatic N) is 4. The number of fused-ring (bicyclic) bond motifs is 1. The van der Waals surface area contributed by atoms with Crippen molar-refractivity contribution in [3.05, 3.63) is 12.4 Å². The molecule has 1 amide bonds. The molecule has 3 heterocycles. The molecule has 1 fully saturated rings. The number of aliphatic hydroxyl groups excluding tert-OH is 1. The lowest BCUT2D eigenvalue weighted by molar-refractivity contribution is -0.0908. The molecule has 1 aliphatic heterocycles. The fourth-order valence-corrected chi connectivity index (χ4v) is 2.59. The van der Waals surface area contributed by atoms with Crippen LogP contribution in [0.15, 0.2) is 6.33 Å². The largest absolute Gasteiger partial charge is 0.445 e. The van der Waals surface area contributed by atoms with Crippen molar-refractivity contribution in [3.63, 3.8) is 0 Å². The molecule has 0 saturated carbocycles. The highest BCUT2D eigenvalue weighted by Gasteiger charge is 2.49. The normalized spacial score (nSPS) is 25.7. The summed E-state index contributed by atoms with van der Waals surface area (Å²) in [7, 11) is 1.38. The number of terminal acetylenes is 1. The molecule has 3 atom stereocenters. The molecular formula is C14H15FN6O4. The Morgan fingerprint density at radius 3 is 3.16 bits per heavy atom. The van der Waals surface area contributed by atoms with Gasteiger partial charge in [-0.3, -0.25) is 4.57 Å². The Labute approximate surface area is 141 Å². The number of aliphatic hydroxyl groups is 1. The lowest BCUT2D eigenvalue weighted by Crippen LogP contribution is -2.44. The van der Waals surface area contributed by atoms with Gasteiger partial charge in [-0.25, -0.2) is 9.78 Å². The summed E-state index contributed by atoms with van der Waals surface area (Å²) in [6.07, 6.45) is 3.20. The van der Waals surface area contributed by atoms with E-state index in [0.29, 0.717) is 0 Å². The van der Waals surface area contributed by atoms with Crippen molar-refractivity contribution in [2.75, 3.05) is 19.4 Å². The molecule has 0 aliphatic carbocycles. The van der Waals surface area contributed by atoms with Gasteiger partial charge in [-0.1, -0.05) is 5.92 Å². The molecule has 0 spiro atoms. The Morgan fingerprint density at radius 2 is 2.48 bits per heavy atom. The van der Waals surface area contributed by atoms with Crippen molar-refractivity contribution in [2.24, 2.45) is 0 Å². The zero-order valence-corrected chi connectivity index (χ0v) is 13.1. The fraction of sp³-hybridized carbons (Fsp3) is 0.429. The van der Waals surface area contributed by atoms with Crippen LogP contribution in [0, 0.1) is 18.4 Å². The van der Waals surface area contributed by atoms with E-state index in [1.807, 2.05) is 0 Å². The van der Waals surface area contributed by atoms with E-state index in [4.69, 9.17) is 21.6 Å². The lowest BCUT2D eigenvalue weighted by Gasteiger charge is -2.25. The molecule has 10 nitrogen and oxygen atoms in total. The number of imidazole rings is 1. The maximum absolute atomic E-state index is 13.5. The summed E-state index contributed by atoms with van der Waals surface area (Å²) in [6.45, 7) is -0.362. The van der Waals surface area contributed by atoms with Crippen LogP contribution in [-0.4, -0.2) is 56.1 Å². The number of anilines is 1. The molecule has 0 aromatic carbocycles. The van der Waals surface area contributed by atoms with Crippen LogP contribution in [0.1, 0.15) is 12.6 Å². The van der Waals surface area contributed by atoms with Crippen molar-refractivity contribution in [1.82, 2.24) is 24.8 Å². The Kier molecular flexibility index (Phi) is 4.15. The van der Waals surface area contributed by atoms with E-state index in [1.54, 1.807) is 0 Å². The zero-order chi connectivity index (χ0) is 18.2. The molecule has 2 aromatic rings. The van der Waals surface area contributed by atoms with E-state index in [9.17, 15) is 14.3 Å². The van der Waals surface area contributed by atoms with Gasteiger partial charge < -0.3 is 25.6 Å². The second-order valence-electron chi connectivity index (χ2n) is 5.39. The van der Waals surface area contributed by atoms with Crippen LogP contribution in [0.2, 0.25) is 0 Å². The van der Waals surface area contributed by atoms with Crippen LogP contribution >= 0.6 is 0 Å². The van der Waals surface area contributed by atoms with E-state index >= 15 is 0 Å². The first-order valence-corrected chi connectivity index (χ1v) is 7.24. The van der Waals surface area contributed by atoms with Crippen LogP contribution < -0.4 is 11.1 Å². The number of rotatable bonds is 3. The van der Waals surface area contributed by atoms with Gasteiger partial charge in [0.2, 0.25) is 0 Å². The predicted molar refractivity (Wildman–Crippen MR) is 82.4 cm³/mol. The van der Waals surface area contributed by atoms with Crippen LogP contribution in [-0.2, 0) is 9.47 Å². The number of ether oxygens (including phenoxy) is 2. The zero-order valence-electron chi connectivity index (χ0n) is 13.1. The minimum atomic E-state index is -1.55. The van der Waals surface area contributed by atoms with Crippen LogP contribution in [0.4, 0.5) is 15.0 Å². The molecule has 0 bridgehead atoms. The number of alkyl carbamates (subject to hydrolysis) is 1. The Balaban J connectivity index is 1.91. The molecular weight excluding hydrogens is 335 g/mol. The summed E-state index contributed by atoms with van der Waals surface area (Å²) in [6, 6.07) is 0. The Hall–Kier alpha value is -2.97. The van der Waals surface area contributed by atoms with Gasteiger partial charge in [0.05, 0.1) is 6.33 Å².